The number of hydrogen-bond acceptors (Lipinski definition) is 0. The highest BCUT2D eigenvalue weighted by Crippen LogP contribution is 2.49. The summed E-state index contributed by atoms with van der Waals surface area (Å²) in [5, 5.41) is 30.4. The summed E-state index contributed by atoms with van der Waals surface area (Å²) in [6, 6.07) is 94.1. The van der Waals surface area contributed by atoms with Gasteiger partial charge in [-0.2, -0.15) is 0 Å². The first-order valence-electron chi connectivity index (χ1n) is 25.6. The summed E-state index contributed by atoms with van der Waals surface area (Å²) < 4.78 is 0. The Kier molecular flexibility index (Phi) is 8.47. The largest absolute Gasteiger partial charge is 0.0616 e. The molecule has 0 fully saturated rings. The molecule has 0 radical (unpaired) electrons. The Morgan fingerprint density at radius 1 is 0.164 bits per heavy atom. The molecule has 0 amide bonds. The molecule has 0 saturated heterocycles. The third-order valence-corrected chi connectivity index (χ3v) is 16.5. The molecule has 0 N–H and O–H groups in total. The Balaban J connectivity index is 0.959. The molecule has 16 aromatic rings. The lowest BCUT2D eigenvalue weighted by Gasteiger charge is -2.20. The lowest BCUT2D eigenvalue weighted by molar-refractivity contribution is 1.54. The molecule has 336 valence electrons. The van der Waals surface area contributed by atoms with E-state index >= 15 is 0 Å². The minimum atomic E-state index is 1.24. The average molecular weight is 921 g/mol. The monoisotopic (exact) mass is 920 g/mol. The highest BCUT2D eigenvalue weighted by atomic mass is 14.2. The fourth-order valence-electron chi connectivity index (χ4n) is 13.2. The van der Waals surface area contributed by atoms with Gasteiger partial charge in [0.25, 0.3) is 0 Å². The molecule has 73 heavy (non-hydrogen) atoms. The van der Waals surface area contributed by atoms with E-state index in [2.05, 4.69) is 256 Å². The molecule has 0 saturated carbocycles. The molecule has 0 heterocycles. The molecule has 0 aliphatic rings. The van der Waals surface area contributed by atoms with Crippen molar-refractivity contribution in [1.82, 2.24) is 0 Å². The van der Waals surface area contributed by atoms with E-state index in [0.29, 0.717) is 0 Å². The van der Waals surface area contributed by atoms with Crippen LogP contribution in [0.1, 0.15) is 5.56 Å². The molecule has 0 bridgehead atoms. The van der Waals surface area contributed by atoms with Crippen LogP contribution in [0.15, 0.2) is 249 Å². The Bertz CT molecular complexity index is 5090. The molecule has 16 aromatic carbocycles. The van der Waals surface area contributed by atoms with Crippen molar-refractivity contribution in [3.05, 3.63) is 254 Å². The smallest absolute Gasteiger partial charge is 0.00201 e. The van der Waals surface area contributed by atoms with Crippen LogP contribution < -0.4 is 0 Å². The second kappa shape index (κ2) is 15.3. The summed E-state index contributed by atoms with van der Waals surface area (Å²) in [7, 11) is 0. The van der Waals surface area contributed by atoms with Crippen molar-refractivity contribution < 1.29 is 0 Å². The lowest BCUT2D eigenvalue weighted by atomic mass is 9.83. The van der Waals surface area contributed by atoms with Crippen molar-refractivity contribution in [1.29, 1.82) is 0 Å². The maximum absolute atomic E-state index is 2.45. The van der Waals surface area contributed by atoms with Crippen molar-refractivity contribution in [2.24, 2.45) is 0 Å². The van der Waals surface area contributed by atoms with Gasteiger partial charge >= 0.3 is 0 Å². The van der Waals surface area contributed by atoms with E-state index in [0.717, 1.165) is 0 Å². The zero-order chi connectivity index (χ0) is 47.9. The second-order valence-electron chi connectivity index (χ2n) is 20.3. The first kappa shape index (κ1) is 40.4. The molecule has 0 nitrogen and oxygen atoms in total. The molecule has 0 aromatic heterocycles. The molecule has 0 heteroatoms. The van der Waals surface area contributed by atoms with E-state index in [-0.39, 0.29) is 0 Å². The molecule has 0 unspecified atom stereocenters. The van der Waals surface area contributed by atoms with Crippen LogP contribution in [-0.4, -0.2) is 0 Å². The second-order valence-corrected chi connectivity index (χ2v) is 20.3. The summed E-state index contributed by atoms with van der Waals surface area (Å²) in [6.07, 6.45) is 0. The zero-order valence-electron chi connectivity index (χ0n) is 40.2. The van der Waals surface area contributed by atoms with Crippen LogP contribution in [0.5, 0.6) is 0 Å². The van der Waals surface area contributed by atoms with Crippen molar-refractivity contribution in [3.8, 4) is 33.4 Å². The number of hydrogen-bond donors (Lipinski definition) is 0. The Morgan fingerprint density at radius 3 is 1.01 bits per heavy atom. The van der Waals surface area contributed by atoms with Gasteiger partial charge in [0.1, 0.15) is 0 Å². The minimum Gasteiger partial charge on any atom is -0.0616 e. The van der Waals surface area contributed by atoms with Crippen LogP contribution in [0.4, 0.5) is 0 Å². The molecule has 0 aliphatic heterocycles. The van der Waals surface area contributed by atoms with Gasteiger partial charge in [0.2, 0.25) is 0 Å². The molecule has 0 atom stereocenters. The number of aryl methyl sites for hydroxylation is 1. The molecular weight excluding hydrogens is 877 g/mol. The summed E-state index contributed by atoms with van der Waals surface area (Å²) in [6.45, 7) is 2.22. The van der Waals surface area contributed by atoms with Crippen LogP contribution in [0, 0.1) is 6.92 Å². The number of rotatable bonds is 3. The van der Waals surface area contributed by atoms with E-state index in [9.17, 15) is 0 Å². The first-order valence-corrected chi connectivity index (χ1v) is 25.6. The van der Waals surface area contributed by atoms with Gasteiger partial charge < -0.3 is 0 Å². The Hall–Kier alpha value is -9.36. The quantitative estimate of drug-likeness (QED) is 0.122. The third-order valence-electron chi connectivity index (χ3n) is 16.5. The maximum atomic E-state index is 2.45. The average Bonchev–Trinajstić information content (AvgIpc) is 3.44. The van der Waals surface area contributed by atoms with E-state index in [1.807, 2.05) is 0 Å². The highest BCUT2D eigenvalue weighted by molar-refractivity contribution is 6.30. The minimum absolute atomic E-state index is 1.24. The van der Waals surface area contributed by atoms with Crippen molar-refractivity contribution >= 4 is 129 Å². The van der Waals surface area contributed by atoms with Gasteiger partial charge in [-0.25, -0.2) is 0 Å². The van der Waals surface area contributed by atoms with E-state index in [1.165, 1.54) is 168 Å². The van der Waals surface area contributed by atoms with Crippen molar-refractivity contribution in [2.45, 2.75) is 6.92 Å². The van der Waals surface area contributed by atoms with Gasteiger partial charge in [0, 0.05) is 0 Å². The predicted molar refractivity (Wildman–Crippen MR) is 318 cm³/mol. The summed E-state index contributed by atoms with van der Waals surface area (Å²) in [5.41, 5.74) is 8.92. The van der Waals surface area contributed by atoms with E-state index < -0.39 is 0 Å². The van der Waals surface area contributed by atoms with Gasteiger partial charge in [-0.3, -0.25) is 0 Å². The first-order chi connectivity index (χ1) is 36.1. The summed E-state index contributed by atoms with van der Waals surface area (Å²) in [4.78, 5) is 0. The van der Waals surface area contributed by atoms with Gasteiger partial charge in [-0.1, -0.05) is 212 Å². The molecule has 0 aliphatic carbocycles. The lowest BCUT2D eigenvalue weighted by Crippen LogP contribution is -1.92. The maximum Gasteiger partial charge on any atom is -0.00201 e. The van der Waals surface area contributed by atoms with Crippen LogP contribution in [0.2, 0.25) is 0 Å². The van der Waals surface area contributed by atoms with Crippen LogP contribution in [0.25, 0.3) is 163 Å². The zero-order valence-corrected chi connectivity index (χ0v) is 40.2. The van der Waals surface area contributed by atoms with Crippen molar-refractivity contribution in [2.75, 3.05) is 0 Å². The summed E-state index contributed by atoms with van der Waals surface area (Å²) >= 11 is 0. The molecular formula is C73H44. The van der Waals surface area contributed by atoms with Crippen LogP contribution >= 0.6 is 0 Å². The van der Waals surface area contributed by atoms with Gasteiger partial charge in [0.05, 0.1) is 0 Å². The van der Waals surface area contributed by atoms with E-state index in [1.54, 1.807) is 0 Å². The SMILES string of the molecule is Cc1cccc2c1ccc1c(-c3cccc4c3ccc3c(-c5cccc6c5ccc5c(-c7cc8cc9ccccc9cc8c8ccccc78)c7ccccc7cc56)c5ccccc5cc34)c3ccccc3cc12. The third kappa shape index (κ3) is 5.84. The van der Waals surface area contributed by atoms with Gasteiger partial charge in [-0.15, -0.1) is 0 Å². The van der Waals surface area contributed by atoms with E-state index in [4.69, 9.17) is 0 Å². The topological polar surface area (TPSA) is 0 Å². The van der Waals surface area contributed by atoms with Gasteiger partial charge in [-0.05, 0) is 212 Å². The summed E-state index contributed by atoms with van der Waals surface area (Å²) in [5.74, 6) is 0. The van der Waals surface area contributed by atoms with Crippen LogP contribution in [0.3, 0.4) is 0 Å². The Labute approximate surface area is 421 Å². The van der Waals surface area contributed by atoms with Crippen molar-refractivity contribution in [3.63, 3.8) is 0 Å². The number of benzene rings is 16. The standard InChI is InChI=1S/C73H44/c1-43-15-12-26-54-50(43)31-34-63-67(54)39-46-18-4-7-21-51(46)71(63)61-29-13-27-56-59(61)32-35-64-68(56)40-47-19-5-8-22-52(47)72(64)62-30-14-28-57-60(62)33-36-65-69(57)41-48-20-6-9-23-53(48)73(65)70-42-49-37-44-16-2-3-17-45(44)38-66(49)55-24-10-11-25-58(55)70/h2-42H,1H3. The van der Waals surface area contributed by atoms with Crippen LogP contribution in [-0.2, 0) is 0 Å². The van der Waals surface area contributed by atoms with Gasteiger partial charge in [0.15, 0.2) is 0 Å². The molecule has 0 spiro atoms. The predicted octanol–water partition coefficient (Wildman–Crippen LogP) is 20.8. The highest BCUT2D eigenvalue weighted by Gasteiger charge is 2.21. The fourth-order valence-corrected chi connectivity index (χ4v) is 13.2. The Morgan fingerprint density at radius 2 is 0.493 bits per heavy atom. The number of fused-ring (bicyclic) bond motifs is 16. The molecule has 16 rings (SSSR count). The fraction of sp³-hybridized carbons (Fsp3) is 0.0137. The normalized spacial score (nSPS) is 12.2.